The number of rotatable bonds is 3. The van der Waals surface area contributed by atoms with Crippen LogP contribution in [0.2, 0.25) is 0 Å². The molecule has 0 aromatic carbocycles. The van der Waals surface area contributed by atoms with Crippen LogP contribution in [0.1, 0.15) is 6.92 Å². The standard InChI is InChI=1S/C4H12N2O/c1-4-6(2)5-7-3/h5H,4H2,1-3H3. The first-order valence-electron chi connectivity index (χ1n) is 2.31. The average Bonchev–Trinajstić information content (AvgIpc) is 1.68. The lowest BCUT2D eigenvalue weighted by molar-refractivity contribution is -0.0384. The summed E-state index contributed by atoms with van der Waals surface area (Å²) in [5, 5.41) is 1.83. The van der Waals surface area contributed by atoms with Crippen molar-refractivity contribution in [2.75, 3.05) is 20.7 Å². The highest BCUT2D eigenvalue weighted by atomic mass is 16.7. The van der Waals surface area contributed by atoms with Gasteiger partial charge in [0.05, 0.1) is 7.11 Å². The lowest BCUT2D eigenvalue weighted by atomic mass is 10.8. The minimum absolute atomic E-state index is 0.938. The van der Waals surface area contributed by atoms with Crippen molar-refractivity contribution in [1.82, 2.24) is 10.6 Å². The molecular weight excluding hydrogens is 92.1 g/mol. The SMILES string of the molecule is CCN(C)NOC. The zero-order valence-corrected chi connectivity index (χ0v) is 5.06. The lowest BCUT2D eigenvalue weighted by Gasteiger charge is -2.11. The number of nitrogens with one attached hydrogen (secondary N) is 1. The van der Waals surface area contributed by atoms with Crippen LogP contribution in [-0.2, 0) is 4.84 Å². The van der Waals surface area contributed by atoms with Crippen molar-refractivity contribution in [3.63, 3.8) is 0 Å². The normalized spacial score (nSPS) is 10.3. The summed E-state index contributed by atoms with van der Waals surface area (Å²) in [5.74, 6) is 0. The van der Waals surface area contributed by atoms with Gasteiger partial charge in [0.1, 0.15) is 0 Å². The molecule has 0 amide bonds. The molecule has 0 atom stereocenters. The van der Waals surface area contributed by atoms with Crippen molar-refractivity contribution in [2.24, 2.45) is 0 Å². The summed E-state index contributed by atoms with van der Waals surface area (Å²) < 4.78 is 0. The Bertz CT molecular complexity index is 40.7. The third-order valence-electron chi connectivity index (χ3n) is 0.721. The second-order valence-corrected chi connectivity index (χ2v) is 1.31. The molecule has 3 nitrogen and oxygen atoms in total. The molecule has 7 heavy (non-hydrogen) atoms. The number of hydrogen-bond donors (Lipinski definition) is 1. The second kappa shape index (κ2) is 4.05. The van der Waals surface area contributed by atoms with Crippen LogP contribution in [0.25, 0.3) is 0 Å². The van der Waals surface area contributed by atoms with Crippen LogP contribution in [0, 0.1) is 0 Å². The molecule has 1 N–H and O–H groups in total. The van der Waals surface area contributed by atoms with E-state index in [1.54, 1.807) is 7.11 Å². The van der Waals surface area contributed by atoms with Gasteiger partial charge in [-0.1, -0.05) is 6.92 Å². The van der Waals surface area contributed by atoms with E-state index < -0.39 is 0 Å². The van der Waals surface area contributed by atoms with Gasteiger partial charge in [-0.3, -0.25) is 4.84 Å². The third-order valence-corrected chi connectivity index (χ3v) is 0.721. The van der Waals surface area contributed by atoms with E-state index in [0.717, 1.165) is 6.54 Å². The van der Waals surface area contributed by atoms with Crippen molar-refractivity contribution in [3.05, 3.63) is 0 Å². The summed E-state index contributed by atoms with van der Waals surface area (Å²) in [6.45, 7) is 2.97. The molecule has 3 heteroatoms. The van der Waals surface area contributed by atoms with E-state index in [4.69, 9.17) is 0 Å². The van der Waals surface area contributed by atoms with Gasteiger partial charge in [-0.05, 0) is 0 Å². The first-order chi connectivity index (χ1) is 3.31. The molecule has 0 unspecified atom stereocenters. The molecule has 0 aromatic rings. The fourth-order valence-corrected chi connectivity index (χ4v) is 0.220. The fourth-order valence-electron chi connectivity index (χ4n) is 0.220. The van der Waals surface area contributed by atoms with Gasteiger partial charge < -0.3 is 0 Å². The molecule has 0 spiro atoms. The van der Waals surface area contributed by atoms with Crippen LogP contribution in [-0.4, -0.2) is 25.7 Å². The monoisotopic (exact) mass is 104 g/mol. The average molecular weight is 104 g/mol. The van der Waals surface area contributed by atoms with Crippen molar-refractivity contribution in [2.45, 2.75) is 6.92 Å². The molecule has 0 radical (unpaired) electrons. The molecule has 0 aliphatic carbocycles. The lowest BCUT2D eigenvalue weighted by Crippen LogP contribution is -2.32. The van der Waals surface area contributed by atoms with Crippen molar-refractivity contribution in [1.29, 1.82) is 0 Å². The first kappa shape index (κ1) is 6.88. The van der Waals surface area contributed by atoms with Crippen LogP contribution < -0.4 is 5.59 Å². The molecule has 0 aromatic heterocycles. The van der Waals surface area contributed by atoms with Crippen LogP contribution in [0.15, 0.2) is 0 Å². The Labute approximate surface area is 44.2 Å². The molecule has 0 saturated heterocycles. The van der Waals surface area contributed by atoms with E-state index in [2.05, 4.69) is 10.4 Å². The van der Waals surface area contributed by atoms with E-state index in [1.165, 1.54) is 0 Å². The maximum absolute atomic E-state index is 4.57. The van der Waals surface area contributed by atoms with Gasteiger partial charge in [-0.2, -0.15) is 0 Å². The predicted molar refractivity (Wildman–Crippen MR) is 28.4 cm³/mol. The van der Waals surface area contributed by atoms with E-state index in [1.807, 2.05) is 19.0 Å². The quantitative estimate of drug-likeness (QED) is 0.510. The summed E-state index contributed by atoms with van der Waals surface area (Å²) in [5.41, 5.74) is 2.63. The Morgan fingerprint density at radius 1 is 1.71 bits per heavy atom. The summed E-state index contributed by atoms with van der Waals surface area (Å²) in [4.78, 5) is 4.57. The molecule has 44 valence electrons. The second-order valence-electron chi connectivity index (χ2n) is 1.31. The van der Waals surface area contributed by atoms with Gasteiger partial charge in [0.2, 0.25) is 0 Å². The zero-order valence-electron chi connectivity index (χ0n) is 5.06. The van der Waals surface area contributed by atoms with Gasteiger partial charge in [0, 0.05) is 13.6 Å². The van der Waals surface area contributed by atoms with E-state index >= 15 is 0 Å². The van der Waals surface area contributed by atoms with Crippen LogP contribution in [0.5, 0.6) is 0 Å². The summed E-state index contributed by atoms with van der Waals surface area (Å²) in [7, 11) is 3.50. The molecule has 0 rings (SSSR count). The van der Waals surface area contributed by atoms with Crippen LogP contribution >= 0.6 is 0 Å². The Morgan fingerprint density at radius 3 is 2.43 bits per heavy atom. The molecule has 0 heterocycles. The van der Waals surface area contributed by atoms with E-state index in [9.17, 15) is 0 Å². The number of hydrogen-bond acceptors (Lipinski definition) is 3. The largest absolute Gasteiger partial charge is 0.290 e. The summed E-state index contributed by atoms with van der Waals surface area (Å²) >= 11 is 0. The number of nitrogens with zero attached hydrogens (tertiary/aromatic N) is 1. The Morgan fingerprint density at radius 2 is 2.29 bits per heavy atom. The Balaban J connectivity index is 2.83. The topological polar surface area (TPSA) is 24.5 Å². The number of hydrazine groups is 1. The van der Waals surface area contributed by atoms with Crippen LogP contribution in [0.3, 0.4) is 0 Å². The van der Waals surface area contributed by atoms with E-state index in [0.29, 0.717) is 0 Å². The Kier molecular flexibility index (Phi) is 3.98. The fraction of sp³-hybridized carbons (Fsp3) is 1.00. The van der Waals surface area contributed by atoms with Gasteiger partial charge in [-0.15, -0.1) is 5.59 Å². The highest BCUT2D eigenvalue weighted by Crippen LogP contribution is 1.68. The highest BCUT2D eigenvalue weighted by molar-refractivity contribution is 4.23. The van der Waals surface area contributed by atoms with Crippen molar-refractivity contribution < 1.29 is 4.84 Å². The maximum atomic E-state index is 4.57. The highest BCUT2D eigenvalue weighted by Gasteiger charge is 1.84. The minimum atomic E-state index is 0.938. The third kappa shape index (κ3) is 3.72. The predicted octanol–water partition coefficient (Wildman–Crippen LogP) is 0.00410. The van der Waals surface area contributed by atoms with Gasteiger partial charge in [0.25, 0.3) is 0 Å². The first-order valence-corrected chi connectivity index (χ1v) is 2.31. The minimum Gasteiger partial charge on any atom is -0.290 e. The summed E-state index contributed by atoms with van der Waals surface area (Å²) in [6.07, 6.45) is 0. The van der Waals surface area contributed by atoms with Gasteiger partial charge >= 0.3 is 0 Å². The van der Waals surface area contributed by atoms with Crippen molar-refractivity contribution in [3.8, 4) is 0 Å². The smallest absolute Gasteiger partial charge is 0.0588 e. The molecule has 0 saturated carbocycles. The summed E-state index contributed by atoms with van der Waals surface area (Å²) in [6, 6.07) is 0. The maximum Gasteiger partial charge on any atom is 0.0588 e. The molecule has 0 aliphatic rings. The van der Waals surface area contributed by atoms with E-state index in [-0.39, 0.29) is 0 Å². The van der Waals surface area contributed by atoms with Crippen LogP contribution in [0.4, 0.5) is 0 Å². The van der Waals surface area contributed by atoms with Gasteiger partial charge in [-0.25, -0.2) is 5.01 Å². The molecule has 0 fully saturated rings. The zero-order chi connectivity index (χ0) is 5.70. The molecule has 0 bridgehead atoms. The Hall–Kier alpha value is -0.120. The molecular formula is C4H12N2O. The van der Waals surface area contributed by atoms with Crippen molar-refractivity contribution >= 4 is 0 Å². The molecule has 0 aliphatic heterocycles. The van der Waals surface area contributed by atoms with Gasteiger partial charge in [0.15, 0.2) is 0 Å².